The minimum atomic E-state index is -0.0401. The number of hydrogen-bond donors (Lipinski definition) is 2. The molecule has 3 N–H and O–H groups in total. The van der Waals surface area contributed by atoms with Gasteiger partial charge in [0.05, 0.1) is 5.75 Å². The van der Waals surface area contributed by atoms with E-state index in [-0.39, 0.29) is 17.7 Å². The number of halogens is 1. The fraction of sp³-hybridized carbons (Fsp3) is 0.400. The largest absolute Gasteiger partial charge is 0.353 e. The first kappa shape index (κ1) is 17.8. The van der Waals surface area contributed by atoms with Gasteiger partial charge in [-0.15, -0.1) is 10.2 Å². The number of aromatic nitrogens is 3. The maximum atomic E-state index is 11.9. The lowest BCUT2D eigenvalue weighted by molar-refractivity contribution is -0.119. The van der Waals surface area contributed by atoms with E-state index < -0.39 is 0 Å². The summed E-state index contributed by atoms with van der Waals surface area (Å²) in [5, 5.41) is 11.6. The minimum Gasteiger partial charge on any atom is -0.353 e. The lowest BCUT2D eigenvalue weighted by Crippen LogP contribution is -2.37. The molecule has 0 aliphatic carbocycles. The van der Waals surface area contributed by atoms with Gasteiger partial charge in [-0.05, 0) is 25.0 Å². The monoisotopic (exact) mass is 397 g/mol. The van der Waals surface area contributed by atoms with Crippen molar-refractivity contribution < 1.29 is 4.79 Å². The zero-order valence-electron chi connectivity index (χ0n) is 13.3. The lowest BCUT2D eigenvalue weighted by atomic mass is 10.1. The first-order chi connectivity index (χ1) is 10.9. The Kier molecular flexibility index (Phi) is 6.06. The van der Waals surface area contributed by atoms with E-state index in [4.69, 9.17) is 5.84 Å². The molecule has 0 bridgehead atoms. The highest BCUT2D eigenvalue weighted by atomic mass is 79.9. The van der Waals surface area contributed by atoms with Crippen molar-refractivity contribution in [1.29, 1.82) is 0 Å². The van der Waals surface area contributed by atoms with Crippen LogP contribution >= 0.6 is 27.7 Å². The zero-order valence-corrected chi connectivity index (χ0v) is 15.7. The van der Waals surface area contributed by atoms with Gasteiger partial charge in [0.15, 0.2) is 5.82 Å². The number of nitrogens with zero attached hydrogens (tertiary/aromatic N) is 3. The smallest absolute Gasteiger partial charge is 0.230 e. The molecule has 23 heavy (non-hydrogen) atoms. The number of rotatable bonds is 6. The molecule has 1 amide bonds. The van der Waals surface area contributed by atoms with Crippen LogP contribution in [0.3, 0.4) is 0 Å². The molecule has 0 saturated heterocycles. The molecule has 0 spiro atoms. The molecule has 1 aromatic heterocycles. The standard InChI is InChI=1S/C15H20BrN5OS/c1-9(2)10(3)18-13(22)8-23-15-20-19-14(21(15)17)11-6-4-5-7-12(11)16/h4-7,9-10H,8,17H2,1-3H3,(H,18,22)/t10-/m1/s1. The Hall–Kier alpha value is -1.54. The third kappa shape index (κ3) is 4.48. The van der Waals surface area contributed by atoms with Crippen LogP contribution in [0.2, 0.25) is 0 Å². The van der Waals surface area contributed by atoms with Gasteiger partial charge in [0.2, 0.25) is 11.1 Å². The Balaban J connectivity index is 2.03. The maximum absolute atomic E-state index is 11.9. The Morgan fingerprint density at radius 2 is 2.04 bits per heavy atom. The van der Waals surface area contributed by atoms with Crippen LogP contribution in [0.4, 0.5) is 0 Å². The molecular formula is C15H20BrN5OS. The summed E-state index contributed by atoms with van der Waals surface area (Å²) in [5.74, 6) is 7.21. The number of hydrogen-bond acceptors (Lipinski definition) is 5. The summed E-state index contributed by atoms with van der Waals surface area (Å²) in [4.78, 5) is 11.9. The van der Waals surface area contributed by atoms with E-state index in [1.807, 2.05) is 31.2 Å². The molecule has 1 heterocycles. The molecule has 1 aromatic carbocycles. The van der Waals surface area contributed by atoms with E-state index in [2.05, 4.69) is 45.3 Å². The first-order valence-electron chi connectivity index (χ1n) is 7.27. The number of nitrogen functional groups attached to an aromatic ring is 1. The quantitative estimate of drug-likeness (QED) is 0.577. The Labute approximate surface area is 148 Å². The molecule has 2 aromatic rings. The van der Waals surface area contributed by atoms with E-state index >= 15 is 0 Å². The van der Waals surface area contributed by atoms with Gasteiger partial charge >= 0.3 is 0 Å². The molecule has 0 fully saturated rings. The normalized spacial score (nSPS) is 12.4. The molecule has 0 aliphatic rings. The van der Waals surface area contributed by atoms with Crippen LogP contribution in [0.25, 0.3) is 11.4 Å². The molecule has 0 unspecified atom stereocenters. The van der Waals surface area contributed by atoms with Crippen LogP contribution in [0.5, 0.6) is 0 Å². The fourth-order valence-electron chi connectivity index (χ4n) is 1.79. The Bertz CT molecular complexity index is 688. The molecule has 1 atom stereocenters. The molecule has 6 nitrogen and oxygen atoms in total. The molecule has 8 heteroatoms. The number of nitrogens with one attached hydrogen (secondary N) is 1. The Morgan fingerprint density at radius 3 is 2.70 bits per heavy atom. The van der Waals surface area contributed by atoms with Crippen molar-refractivity contribution in [2.45, 2.75) is 32.0 Å². The zero-order chi connectivity index (χ0) is 17.0. The van der Waals surface area contributed by atoms with Crippen molar-refractivity contribution in [3.05, 3.63) is 28.7 Å². The van der Waals surface area contributed by atoms with Crippen LogP contribution < -0.4 is 11.2 Å². The third-order valence-electron chi connectivity index (χ3n) is 3.50. The predicted octanol–water partition coefficient (Wildman–Crippen LogP) is 2.67. The summed E-state index contributed by atoms with van der Waals surface area (Å²) in [7, 11) is 0. The summed E-state index contributed by atoms with van der Waals surface area (Å²) in [6, 6.07) is 7.78. The SMILES string of the molecule is CC(C)[C@@H](C)NC(=O)CSc1nnc(-c2ccccc2Br)n1N. The molecule has 0 saturated carbocycles. The first-order valence-corrected chi connectivity index (χ1v) is 9.05. The molecule has 0 radical (unpaired) electrons. The molecule has 2 rings (SSSR count). The van der Waals surface area contributed by atoms with Crippen molar-refractivity contribution in [3.8, 4) is 11.4 Å². The van der Waals surface area contributed by atoms with Crippen molar-refractivity contribution in [1.82, 2.24) is 20.2 Å². The summed E-state index contributed by atoms with van der Waals surface area (Å²) in [6.45, 7) is 6.13. The van der Waals surface area contributed by atoms with Crippen LogP contribution in [-0.2, 0) is 4.79 Å². The van der Waals surface area contributed by atoms with E-state index in [1.165, 1.54) is 16.4 Å². The summed E-state index contributed by atoms with van der Waals surface area (Å²) >= 11 is 4.74. The number of benzene rings is 1. The van der Waals surface area contributed by atoms with Crippen LogP contribution in [-0.4, -0.2) is 32.6 Å². The molecule has 0 aliphatic heterocycles. The van der Waals surface area contributed by atoms with Gasteiger partial charge in [0.1, 0.15) is 0 Å². The van der Waals surface area contributed by atoms with Gasteiger partial charge in [-0.2, -0.15) is 0 Å². The topological polar surface area (TPSA) is 85.8 Å². The van der Waals surface area contributed by atoms with Gasteiger partial charge in [-0.1, -0.05) is 53.7 Å². The summed E-state index contributed by atoms with van der Waals surface area (Å²) < 4.78 is 2.29. The lowest BCUT2D eigenvalue weighted by Gasteiger charge is -2.17. The second-order valence-corrected chi connectivity index (χ2v) is 7.34. The average Bonchev–Trinajstić information content (AvgIpc) is 2.86. The molecular weight excluding hydrogens is 378 g/mol. The number of thioether (sulfide) groups is 1. The van der Waals surface area contributed by atoms with Crippen molar-refractivity contribution in [3.63, 3.8) is 0 Å². The summed E-state index contributed by atoms with van der Waals surface area (Å²) in [6.07, 6.45) is 0. The van der Waals surface area contributed by atoms with Crippen molar-refractivity contribution in [2.24, 2.45) is 5.92 Å². The van der Waals surface area contributed by atoms with E-state index in [0.29, 0.717) is 16.9 Å². The second-order valence-electron chi connectivity index (χ2n) is 5.54. The van der Waals surface area contributed by atoms with Crippen LogP contribution in [0.15, 0.2) is 33.9 Å². The average molecular weight is 398 g/mol. The van der Waals surface area contributed by atoms with Gasteiger partial charge in [-0.3, -0.25) is 4.79 Å². The van der Waals surface area contributed by atoms with Gasteiger partial charge < -0.3 is 11.2 Å². The van der Waals surface area contributed by atoms with Gasteiger partial charge in [0.25, 0.3) is 0 Å². The number of carbonyl (C=O) groups is 1. The summed E-state index contributed by atoms with van der Waals surface area (Å²) in [5.41, 5.74) is 0.854. The maximum Gasteiger partial charge on any atom is 0.230 e. The third-order valence-corrected chi connectivity index (χ3v) is 5.13. The minimum absolute atomic E-state index is 0.0401. The van der Waals surface area contributed by atoms with E-state index in [1.54, 1.807) is 0 Å². The number of nitrogens with two attached hydrogens (primary N) is 1. The van der Waals surface area contributed by atoms with Crippen LogP contribution in [0, 0.1) is 5.92 Å². The predicted molar refractivity (Wildman–Crippen MR) is 96.5 cm³/mol. The highest BCUT2D eigenvalue weighted by Crippen LogP contribution is 2.27. The fourth-order valence-corrected chi connectivity index (χ4v) is 2.92. The van der Waals surface area contributed by atoms with Crippen molar-refractivity contribution in [2.75, 3.05) is 11.6 Å². The Morgan fingerprint density at radius 1 is 1.35 bits per heavy atom. The highest BCUT2D eigenvalue weighted by molar-refractivity contribution is 9.10. The number of amides is 1. The van der Waals surface area contributed by atoms with Crippen molar-refractivity contribution >= 4 is 33.6 Å². The second kappa shape index (κ2) is 7.83. The molecule has 124 valence electrons. The van der Waals surface area contributed by atoms with Gasteiger partial charge in [-0.25, -0.2) is 4.68 Å². The van der Waals surface area contributed by atoms with Crippen LogP contribution in [0.1, 0.15) is 20.8 Å². The van der Waals surface area contributed by atoms with E-state index in [9.17, 15) is 4.79 Å². The highest BCUT2D eigenvalue weighted by Gasteiger charge is 2.16. The van der Waals surface area contributed by atoms with E-state index in [0.717, 1.165) is 10.0 Å². The van der Waals surface area contributed by atoms with Gasteiger partial charge in [0, 0.05) is 16.1 Å². The number of carbonyl (C=O) groups excluding carboxylic acids is 1.